The van der Waals surface area contributed by atoms with Crippen molar-refractivity contribution in [3.8, 4) is 0 Å². The average molecular weight is 312 g/mol. The van der Waals surface area contributed by atoms with Gasteiger partial charge in [-0.15, -0.1) is 11.8 Å². The van der Waals surface area contributed by atoms with Gasteiger partial charge in [0.25, 0.3) is 0 Å². The fourth-order valence-electron chi connectivity index (χ4n) is 2.42. The van der Waals surface area contributed by atoms with E-state index in [1.807, 2.05) is 0 Å². The molecule has 3 N–H and O–H groups in total. The van der Waals surface area contributed by atoms with E-state index in [9.17, 15) is 9.59 Å². The van der Waals surface area contributed by atoms with Crippen molar-refractivity contribution in [1.29, 1.82) is 0 Å². The maximum Gasteiger partial charge on any atom is 0.248 e. The lowest BCUT2D eigenvalue weighted by Gasteiger charge is -2.10. The van der Waals surface area contributed by atoms with Gasteiger partial charge < -0.3 is 11.1 Å². The summed E-state index contributed by atoms with van der Waals surface area (Å²) in [5.74, 6) is -0.499. The number of benzene rings is 2. The van der Waals surface area contributed by atoms with Crippen molar-refractivity contribution < 1.29 is 9.59 Å². The highest BCUT2D eigenvalue weighted by atomic mass is 32.2. The number of fused-ring (bicyclic) bond motifs is 1. The number of hydrogen-bond donors (Lipinski definition) is 2. The van der Waals surface area contributed by atoms with Gasteiger partial charge in [-0.05, 0) is 49.2 Å². The molecule has 2 aromatic carbocycles. The van der Waals surface area contributed by atoms with E-state index in [0.717, 1.165) is 6.42 Å². The Hall–Kier alpha value is -2.27. The SMILES string of the molecule is Cc1ccc2c(c1)SC(C(=O)Nc1ccc(C(N)=O)cc1)C2. The van der Waals surface area contributed by atoms with Crippen LogP contribution >= 0.6 is 11.8 Å². The predicted molar refractivity (Wildman–Crippen MR) is 88.1 cm³/mol. The second-order valence-corrected chi connectivity index (χ2v) is 6.60. The van der Waals surface area contributed by atoms with Crippen LogP contribution in [0.15, 0.2) is 47.4 Å². The summed E-state index contributed by atoms with van der Waals surface area (Å²) in [6, 6.07) is 12.9. The molecule has 4 nitrogen and oxygen atoms in total. The summed E-state index contributed by atoms with van der Waals surface area (Å²) in [6.07, 6.45) is 0.742. The topological polar surface area (TPSA) is 72.2 Å². The van der Waals surface area contributed by atoms with Gasteiger partial charge in [0, 0.05) is 16.1 Å². The Balaban J connectivity index is 1.67. The van der Waals surface area contributed by atoms with Gasteiger partial charge in [-0.1, -0.05) is 17.7 Å². The van der Waals surface area contributed by atoms with Gasteiger partial charge in [0.2, 0.25) is 11.8 Å². The van der Waals surface area contributed by atoms with Crippen LogP contribution in [0.2, 0.25) is 0 Å². The van der Waals surface area contributed by atoms with E-state index < -0.39 is 5.91 Å². The summed E-state index contributed by atoms with van der Waals surface area (Å²) >= 11 is 1.60. The van der Waals surface area contributed by atoms with Gasteiger partial charge in [0.15, 0.2) is 0 Å². The van der Waals surface area contributed by atoms with Crippen molar-refractivity contribution in [2.45, 2.75) is 23.5 Å². The van der Waals surface area contributed by atoms with Crippen LogP contribution in [0.1, 0.15) is 21.5 Å². The van der Waals surface area contributed by atoms with E-state index in [-0.39, 0.29) is 11.2 Å². The molecule has 0 aromatic heterocycles. The molecule has 1 unspecified atom stereocenters. The maximum absolute atomic E-state index is 12.4. The number of nitrogens with two attached hydrogens (primary N) is 1. The largest absolute Gasteiger partial charge is 0.366 e. The third-order valence-electron chi connectivity index (χ3n) is 3.63. The summed E-state index contributed by atoms with van der Waals surface area (Å²) in [4.78, 5) is 24.6. The van der Waals surface area contributed by atoms with E-state index >= 15 is 0 Å². The second-order valence-electron chi connectivity index (χ2n) is 5.35. The van der Waals surface area contributed by atoms with E-state index in [4.69, 9.17) is 5.73 Å². The quantitative estimate of drug-likeness (QED) is 0.915. The fraction of sp³-hybridized carbons (Fsp3) is 0.176. The highest BCUT2D eigenvalue weighted by Gasteiger charge is 2.28. The summed E-state index contributed by atoms with van der Waals surface area (Å²) < 4.78 is 0. The van der Waals surface area contributed by atoms with Crippen LogP contribution in [-0.4, -0.2) is 17.1 Å². The van der Waals surface area contributed by atoms with Gasteiger partial charge in [0.05, 0.1) is 5.25 Å². The number of primary amides is 1. The molecule has 1 heterocycles. The Labute approximate surface area is 133 Å². The van der Waals surface area contributed by atoms with Crippen molar-refractivity contribution in [3.63, 3.8) is 0 Å². The molecule has 0 bridgehead atoms. The van der Waals surface area contributed by atoms with Gasteiger partial charge in [-0.25, -0.2) is 0 Å². The van der Waals surface area contributed by atoms with Gasteiger partial charge in [-0.2, -0.15) is 0 Å². The molecule has 2 amide bonds. The van der Waals surface area contributed by atoms with Gasteiger partial charge in [0.1, 0.15) is 0 Å². The molecule has 0 spiro atoms. The van der Waals surface area contributed by atoms with E-state index in [1.54, 1.807) is 36.0 Å². The van der Waals surface area contributed by atoms with Crippen LogP contribution in [0.3, 0.4) is 0 Å². The standard InChI is InChI=1S/C17H16N2O2S/c1-10-2-3-12-9-15(22-14(12)8-10)17(21)19-13-6-4-11(5-7-13)16(18)20/h2-8,15H,9H2,1H3,(H2,18,20)(H,19,21). The number of anilines is 1. The number of aryl methyl sites for hydroxylation is 1. The molecular weight excluding hydrogens is 296 g/mol. The van der Waals surface area contributed by atoms with Crippen LogP contribution < -0.4 is 11.1 Å². The number of rotatable bonds is 3. The van der Waals surface area contributed by atoms with Crippen molar-refractivity contribution >= 4 is 29.3 Å². The first-order valence-corrected chi connectivity index (χ1v) is 7.88. The van der Waals surface area contributed by atoms with Gasteiger partial charge >= 0.3 is 0 Å². The zero-order valence-corrected chi connectivity index (χ0v) is 12.9. The zero-order valence-electron chi connectivity index (χ0n) is 12.1. The number of amides is 2. The number of carbonyl (C=O) groups is 2. The molecule has 22 heavy (non-hydrogen) atoms. The summed E-state index contributed by atoms with van der Waals surface area (Å²) in [5.41, 5.74) is 8.72. The highest BCUT2D eigenvalue weighted by Crippen LogP contribution is 2.38. The molecule has 0 saturated carbocycles. The van der Waals surface area contributed by atoms with E-state index in [0.29, 0.717) is 11.3 Å². The van der Waals surface area contributed by atoms with Crippen molar-refractivity contribution in [3.05, 3.63) is 59.2 Å². The summed E-state index contributed by atoms with van der Waals surface area (Å²) in [6.45, 7) is 2.05. The lowest BCUT2D eigenvalue weighted by molar-refractivity contribution is -0.115. The highest BCUT2D eigenvalue weighted by molar-refractivity contribution is 8.01. The molecule has 1 aliphatic rings. The first kappa shape index (κ1) is 14.7. The zero-order chi connectivity index (χ0) is 15.7. The van der Waals surface area contributed by atoms with Crippen LogP contribution in [0.4, 0.5) is 5.69 Å². The monoisotopic (exact) mass is 312 g/mol. The molecule has 0 aliphatic carbocycles. The minimum atomic E-state index is -0.477. The maximum atomic E-state index is 12.4. The van der Waals surface area contributed by atoms with Crippen LogP contribution in [0.5, 0.6) is 0 Å². The van der Waals surface area contributed by atoms with Crippen molar-refractivity contribution in [2.24, 2.45) is 5.73 Å². The predicted octanol–water partition coefficient (Wildman–Crippen LogP) is 2.75. The normalized spacial score (nSPS) is 16.1. The smallest absolute Gasteiger partial charge is 0.248 e. The van der Waals surface area contributed by atoms with Crippen molar-refractivity contribution in [2.75, 3.05) is 5.32 Å². The Morgan fingerprint density at radius 1 is 1.18 bits per heavy atom. The molecule has 0 radical (unpaired) electrons. The molecule has 1 aliphatic heterocycles. The molecule has 3 rings (SSSR count). The summed E-state index contributed by atoms with van der Waals surface area (Å²) in [7, 11) is 0. The molecule has 5 heteroatoms. The third-order valence-corrected chi connectivity index (χ3v) is 4.93. The van der Waals surface area contributed by atoms with Crippen molar-refractivity contribution in [1.82, 2.24) is 0 Å². The third kappa shape index (κ3) is 2.99. The van der Waals surface area contributed by atoms with Gasteiger partial charge in [-0.3, -0.25) is 9.59 Å². The number of nitrogens with one attached hydrogen (secondary N) is 1. The fourth-order valence-corrected chi connectivity index (χ4v) is 3.71. The molecular formula is C17H16N2O2S. The first-order chi connectivity index (χ1) is 10.5. The van der Waals surface area contributed by atoms with Crippen LogP contribution in [-0.2, 0) is 11.2 Å². The van der Waals surface area contributed by atoms with E-state index in [2.05, 4.69) is 30.4 Å². The minimum absolute atomic E-state index is 0.0225. The second kappa shape index (κ2) is 5.85. The van der Waals surface area contributed by atoms with Crippen LogP contribution in [0.25, 0.3) is 0 Å². The Bertz CT molecular complexity index is 741. The molecule has 1 atom stereocenters. The average Bonchev–Trinajstić information content (AvgIpc) is 2.91. The Morgan fingerprint density at radius 3 is 2.59 bits per heavy atom. The molecule has 2 aromatic rings. The Morgan fingerprint density at radius 2 is 1.91 bits per heavy atom. The number of thioether (sulfide) groups is 1. The summed E-state index contributed by atoms with van der Waals surface area (Å²) in [5, 5.41) is 2.77. The number of hydrogen-bond acceptors (Lipinski definition) is 3. The number of carbonyl (C=O) groups excluding carboxylic acids is 2. The minimum Gasteiger partial charge on any atom is -0.366 e. The molecule has 112 valence electrons. The first-order valence-electron chi connectivity index (χ1n) is 7.00. The lowest BCUT2D eigenvalue weighted by atomic mass is 10.1. The molecule has 0 saturated heterocycles. The molecule has 0 fully saturated rings. The van der Waals surface area contributed by atoms with E-state index in [1.165, 1.54) is 16.0 Å². The van der Waals surface area contributed by atoms with Crippen LogP contribution in [0, 0.1) is 6.92 Å². The Kier molecular flexibility index (Phi) is 3.90. The lowest BCUT2D eigenvalue weighted by Crippen LogP contribution is -2.24.